The molecule has 2 N–H and O–H groups in total. The number of aromatic amines is 1. The minimum absolute atomic E-state index is 0.0342. The third-order valence-corrected chi connectivity index (χ3v) is 11.9. The smallest absolute Gasteiger partial charge is 0.330 e. The first-order valence-corrected chi connectivity index (χ1v) is 16.0. The summed E-state index contributed by atoms with van der Waals surface area (Å²) < 4.78 is 39.8. The van der Waals surface area contributed by atoms with Gasteiger partial charge in [0.25, 0.3) is 18.5 Å². The van der Waals surface area contributed by atoms with Crippen molar-refractivity contribution in [1.29, 1.82) is 0 Å². The van der Waals surface area contributed by atoms with Gasteiger partial charge in [-0.1, -0.05) is 21.6 Å². The number of aromatic nitrogens is 2. The molecule has 0 saturated carbocycles. The molecule has 16 heteroatoms. The fourth-order valence-electron chi connectivity index (χ4n) is 3.48. The second kappa shape index (κ2) is 13.5. The second-order valence-corrected chi connectivity index (χ2v) is 14.0. The molecule has 3 aliphatic heterocycles. The lowest BCUT2D eigenvalue weighted by Crippen LogP contribution is -2.33. The van der Waals surface area contributed by atoms with Gasteiger partial charge in [-0.25, -0.2) is 4.79 Å². The van der Waals surface area contributed by atoms with Crippen LogP contribution in [-0.2, 0) is 33.2 Å². The summed E-state index contributed by atoms with van der Waals surface area (Å²) in [6.07, 6.45) is -0.635. The largest absolute Gasteiger partial charge is 0.390 e. The first-order valence-electron chi connectivity index (χ1n) is 10.8. The summed E-state index contributed by atoms with van der Waals surface area (Å²) in [5.74, 6) is 1.54. The molecule has 0 radical (unpaired) electrons. The summed E-state index contributed by atoms with van der Waals surface area (Å²) in [4.78, 5) is 25.9. The van der Waals surface area contributed by atoms with Crippen LogP contribution in [0.5, 0.6) is 0 Å². The molecule has 35 heavy (non-hydrogen) atoms. The molecule has 4 unspecified atom stereocenters. The van der Waals surface area contributed by atoms with Crippen molar-refractivity contribution in [2.75, 3.05) is 38.4 Å². The number of aryl methyl sites for hydroxylation is 1. The Bertz CT molecular complexity index is 936. The average Bonchev–Trinajstić information content (AvgIpc) is 3.57. The maximum absolute atomic E-state index is 12.1. The summed E-state index contributed by atoms with van der Waals surface area (Å²) in [7, 11) is 8.23. The first kappa shape index (κ1) is 27.8. The number of hydrogen-bond donors (Lipinski definition) is 2. The van der Waals surface area contributed by atoms with E-state index in [4.69, 9.17) is 33.2 Å². The number of aliphatic hydroxyl groups is 1. The molecule has 3 fully saturated rings. The topological polar surface area (TPSA) is 140 Å². The van der Waals surface area contributed by atoms with Crippen molar-refractivity contribution >= 4 is 41.2 Å². The molecule has 4 heterocycles. The number of aliphatic hydroxyl groups excluding tert-OH is 1. The summed E-state index contributed by atoms with van der Waals surface area (Å²) in [6.45, 7) is 1.18. The highest BCUT2D eigenvalue weighted by atomic mass is 33.7. The maximum Gasteiger partial charge on any atom is 0.330 e. The van der Waals surface area contributed by atoms with Crippen LogP contribution in [0.3, 0.4) is 0 Å². The van der Waals surface area contributed by atoms with E-state index in [0.717, 1.165) is 11.5 Å². The molecule has 4 rings (SSSR count). The standard InChI is InChI=1S/C19H28N2O10S4/c1-10-4-21(17(24)20-16(10)23)15-3-13(22)14(31-15)7-28-19-27-6-12(30-19)9-33-35-34-32-8-11-5-26-18(25-2)29-11/h4,11-15,18-19,22H,3,5-9H2,1-2H3,(H,20,23,24)/t11?,12?,13-,14+,15+,18?,19?/m0/s1. The van der Waals surface area contributed by atoms with E-state index < -0.39 is 42.6 Å². The van der Waals surface area contributed by atoms with Gasteiger partial charge in [-0.15, -0.1) is 0 Å². The normalized spacial score (nSPS) is 33.1. The van der Waals surface area contributed by atoms with Crippen molar-refractivity contribution in [3.05, 3.63) is 32.6 Å². The molecule has 0 bridgehead atoms. The van der Waals surface area contributed by atoms with E-state index in [0.29, 0.717) is 18.8 Å². The molecule has 3 saturated heterocycles. The van der Waals surface area contributed by atoms with E-state index >= 15 is 0 Å². The summed E-state index contributed by atoms with van der Waals surface area (Å²) in [5, 5.41) is 10.3. The van der Waals surface area contributed by atoms with E-state index in [2.05, 4.69) is 4.98 Å². The molecule has 0 aliphatic carbocycles. The van der Waals surface area contributed by atoms with Gasteiger partial charge in [0, 0.05) is 36.8 Å². The fourth-order valence-corrected chi connectivity index (χ4v) is 9.64. The van der Waals surface area contributed by atoms with Crippen LogP contribution in [0.4, 0.5) is 0 Å². The Morgan fingerprint density at radius 1 is 1.09 bits per heavy atom. The van der Waals surface area contributed by atoms with Gasteiger partial charge in [-0.05, 0) is 26.6 Å². The van der Waals surface area contributed by atoms with Crippen molar-refractivity contribution in [2.45, 2.75) is 56.9 Å². The molecular formula is C19H28N2O10S4. The van der Waals surface area contributed by atoms with Crippen molar-refractivity contribution in [3.63, 3.8) is 0 Å². The zero-order valence-corrected chi connectivity index (χ0v) is 22.3. The van der Waals surface area contributed by atoms with Crippen LogP contribution in [0.2, 0.25) is 0 Å². The van der Waals surface area contributed by atoms with Gasteiger partial charge in [0.2, 0.25) is 0 Å². The molecule has 3 aliphatic rings. The van der Waals surface area contributed by atoms with Gasteiger partial charge >= 0.3 is 5.69 Å². The lowest BCUT2D eigenvalue weighted by Gasteiger charge is -2.18. The van der Waals surface area contributed by atoms with Gasteiger partial charge in [-0.2, -0.15) is 0 Å². The summed E-state index contributed by atoms with van der Waals surface area (Å²) in [6, 6.07) is 0. The minimum atomic E-state index is -0.839. The molecule has 0 amide bonds. The molecular weight excluding hydrogens is 544 g/mol. The SMILES string of the molecule is COC1OCC(CSSSSCC2COC(OC[C@H]3O[C@@H](n4cc(C)c(=O)[nH]c4=O)C[C@@H]3O)O2)O1. The van der Waals surface area contributed by atoms with Crippen molar-refractivity contribution in [1.82, 2.24) is 9.55 Å². The Kier molecular flexibility index (Phi) is 10.7. The quantitative estimate of drug-likeness (QED) is 0.274. The highest BCUT2D eigenvalue weighted by Gasteiger charge is 2.37. The molecule has 1 aromatic heterocycles. The highest BCUT2D eigenvalue weighted by molar-refractivity contribution is 9.26. The van der Waals surface area contributed by atoms with Crippen LogP contribution in [0, 0.1) is 6.92 Å². The Balaban J connectivity index is 1.09. The van der Waals surface area contributed by atoms with Gasteiger partial charge < -0.3 is 38.3 Å². The van der Waals surface area contributed by atoms with E-state index in [1.54, 1.807) is 55.3 Å². The Morgan fingerprint density at radius 2 is 1.74 bits per heavy atom. The predicted molar refractivity (Wildman–Crippen MR) is 133 cm³/mol. The third kappa shape index (κ3) is 7.87. The van der Waals surface area contributed by atoms with E-state index in [9.17, 15) is 14.7 Å². The number of H-pyrrole nitrogens is 1. The second-order valence-electron chi connectivity index (χ2n) is 7.95. The van der Waals surface area contributed by atoms with Gasteiger partial charge in [0.15, 0.2) is 0 Å². The number of ether oxygens (including phenoxy) is 7. The number of nitrogens with one attached hydrogen (secondary N) is 1. The van der Waals surface area contributed by atoms with Crippen LogP contribution >= 0.6 is 41.2 Å². The van der Waals surface area contributed by atoms with Gasteiger partial charge in [0.05, 0.1) is 38.1 Å². The number of nitrogens with zero attached hydrogens (tertiary/aromatic N) is 1. The van der Waals surface area contributed by atoms with Crippen LogP contribution in [0.15, 0.2) is 15.8 Å². The molecule has 1 aromatic rings. The molecule has 12 nitrogen and oxygen atoms in total. The Morgan fingerprint density at radius 3 is 2.40 bits per heavy atom. The van der Waals surface area contributed by atoms with Crippen LogP contribution < -0.4 is 11.2 Å². The molecule has 0 spiro atoms. The maximum atomic E-state index is 12.1. The first-order chi connectivity index (χ1) is 16.9. The zero-order chi connectivity index (χ0) is 24.8. The van der Waals surface area contributed by atoms with E-state index in [1.807, 2.05) is 0 Å². The lowest BCUT2D eigenvalue weighted by molar-refractivity contribution is -0.249. The highest BCUT2D eigenvalue weighted by Crippen LogP contribution is 2.44. The van der Waals surface area contributed by atoms with Crippen LogP contribution in [0.25, 0.3) is 0 Å². The Hall–Kier alpha value is -0.240. The van der Waals surface area contributed by atoms with Gasteiger partial charge in [0.1, 0.15) is 12.3 Å². The number of hydrogen-bond acceptors (Lipinski definition) is 14. The number of methoxy groups -OCH3 is 1. The lowest BCUT2D eigenvalue weighted by atomic mass is 10.2. The van der Waals surface area contributed by atoms with Gasteiger partial charge in [-0.3, -0.25) is 14.3 Å². The van der Waals surface area contributed by atoms with E-state index in [-0.39, 0.29) is 25.2 Å². The number of rotatable bonds is 12. The van der Waals surface area contributed by atoms with Crippen molar-refractivity contribution < 1.29 is 38.3 Å². The summed E-state index contributed by atoms with van der Waals surface area (Å²) in [5.41, 5.74) is -0.651. The zero-order valence-electron chi connectivity index (χ0n) is 19.1. The Labute approximate surface area is 216 Å². The monoisotopic (exact) mass is 572 g/mol. The van der Waals surface area contributed by atoms with Crippen molar-refractivity contribution in [3.8, 4) is 0 Å². The predicted octanol–water partition coefficient (Wildman–Crippen LogP) is 1.23. The molecule has 7 atom stereocenters. The third-order valence-electron chi connectivity index (χ3n) is 5.32. The molecule has 0 aromatic carbocycles. The van der Waals surface area contributed by atoms with Crippen molar-refractivity contribution in [2.24, 2.45) is 0 Å². The molecule has 198 valence electrons. The van der Waals surface area contributed by atoms with Crippen LogP contribution in [-0.4, -0.2) is 90.5 Å². The van der Waals surface area contributed by atoms with Crippen LogP contribution in [0.1, 0.15) is 18.2 Å². The van der Waals surface area contributed by atoms with E-state index in [1.165, 1.54) is 10.8 Å². The average molecular weight is 573 g/mol. The summed E-state index contributed by atoms with van der Waals surface area (Å²) >= 11 is 0. The minimum Gasteiger partial charge on any atom is -0.390 e. The fraction of sp³-hybridized carbons (Fsp3) is 0.789.